The van der Waals surface area contributed by atoms with E-state index < -0.39 is 17.1 Å². The lowest BCUT2D eigenvalue weighted by Crippen LogP contribution is -3.00. The smallest absolute Gasteiger partial charge is 0.252 e. The van der Waals surface area contributed by atoms with Gasteiger partial charge in [0.05, 0.1) is 42.8 Å². The van der Waals surface area contributed by atoms with Gasteiger partial charge in [-0.05, 0) is 57.6 Å². The van der Waals surface area contributed by atoms with Crippen molar-refractivity contribution < 1.29 is 36.3 Å². The number of methoxy groups -OCH3 is 1. The summed E-state index contributed by atoms with van der Waals surface area (Å²) in [7, 11) is 4.30. The predicted octanol–water partition coefficient (Wildman–Crippen LogP) is -0.0705. The number of benzene rings is 1. The number of carbonyl (C=O) groups excluding carboxylic acids is 1. The Labute approximate surface area is 214 Å². The number of nitrogens with zero attached hydrogens (tertiary/aromatic N) is 1. The second-order valence-corrected chi connectivity index (χ2v) is 13.3. The first kappa shape index (κ1) is 24.0. The summed E-state index contributed by atoms with van der Waals surface area (Å²) < 4.78 is 14.5. The average Bonchev–Trinajstić information content (AvgIpc) is 3.51. The quantitative estimate of drug-likeness (QED) is 0.552. The molecule has 35 heavy (non-hydrogen) atoms. The summed E-state index contributed by atoms with van der Waals surface area (Å²) in [5.41, 5.74) is 7.36. The summed E-state index contributed by atoms with van der Waals surface area (Å²) in [6, 6.07) is 4.54. The minimum absolute atomic E-state index is 0. The molecule has 8 rings (SSSR count). The molecule has 2 heterocycles. The number of likely N-dealkylation sites (tertiary alicyclic amines) is 1. The molecule has 2 aliphatic heterocycles. The van der Waals surface area contributed by atoms with Crippen molar-refractivity contribution in [3.8, 4) is 5.75 Å². The molecular weight excluding hydrogens is 464 g/mol. The summed E-state index contributed by atoms with van der Waals surface area (Å²) in [6.45, 7) is 6.29. The zero-order chi connectivity index (χ0) is 23.9. The maximum atomic E-state index is 12.5. The van der Waals surface area contributed by atoms with Crippen molar-refractivity contribution in [3.05, 3.63) is 28.8 Å². The molecule has 192 valence electrons. The van der Waals surface area contributed by atoms with Crippen LogP contribution in [0.4, 0.5) is 0 Å². The summed E-state index contributed by atoms with van der Waals surface area (Å²) in [5, 5.41) is 11.5. The first-order valence-electron chi connectivity index (χ1n) is 13.3. The van der Waals surface area contributed by atoms with Crippen molar-refractivity contribution in [2.24, 2.45) is 23.0 Å². The van der Waals surface area contributed by atoms with Crippen LogP contribution in [0.25, 0.3) is 0 Å². The van der Waals surface area contributed by atoms with Crippen LogP contribution in [0.3, 0.4) is 0 Å². The lowest BCUT2D eigenvalue weighted by atomic mass is 9.33. The number of rotatable bonds is 5. The highest BCUT2D eigenvalue weighted by Gasteiger charge is 2.84. The van der Waals surface area contributed by atoms with Crippen LogP contribution in [0.1, 0.15) is 73.9 Å². The van der Waals surface area contributed by atoms with Crippen LogP contribution in [0, 0.1) is 17.3 Å². The highest BCUT2D eigenvalue weighted by atomic mass is 35.5. The van der Waals surface area contributed by atoms with Crippen LogP contribution >= 0.6 is 0 Å². The van der Waals surface area contributed by atoms with Crippen molar-refractivity contribution in [3.63, 3.8) is 0 Å². The maximum Gasteiger partial charge on any atom is 0.252 e. The zero-order valence-corrected chi connectivity index (χ0v) is 22.2. The molecule has 7 aliphatic rings. The fraction of sp³-hybridized carbons (Fsp3) is 0.750. The van der Waals surface area contributed by atoms with Crippen LogP contribution in [-0.2, 0) is 16.6 Å². The Bertz CT molecular complexity index is 1110. The fourth-order valence-corrected chi connectivity index (χ4v) is 10.1. The Hall–Kier alpha value is -1.34. The Kier molecular flexibility index (Phi) is 4.77. The normalized spacial score (nSPS) is 44.3. The molecule has 4 bridgehead atoms. The van der Waals surface area contributed by atoms with Crippen molar-refractivity contribution in [1.29, 1.82) is 0 Å². The molecule has 4 unspecified atom stereocenters. The Balaban J connectivity index is 0.00000229. The van der Waals surface area contributed by atoms with Gasteiger partial charge in [0.1, 0.15) is 17.5 Å². The van der Waals surface area contributed by atoms with E-state index in [1.165, 1.54) is 30.5 Å². The molecular formula is C28H39ClN2O4. The van der Waals surface area contributed by atoms with E-state index in [1.807, 2.05) is 19.9 Å². The predicted molar refractivity (Wildman–Crippen MR) is 128 cm³/mol. The first-order chi connectivity index (χ1) is 16.0. The van der Waals surface area contributed by atoms with Crippen molar-refractivity contribution in [2.75, 3.05) is 27.2 Å². The van der Waals surface area contributed by atoms with Gasteiger partial charge in [-0.2, -0.15) is 0 Å². The third-order valence-electron chi connectivity index (χ3n) is 11.5. The van der Waals surface area contributed by atoms with E-state index >= 15 is 0 Å². The molecule has 0 aromatic heterocycles. The molecule has 5 aliphatic carbocycles. The molecule has 1 saturated heterocycles. The minimum Gasteiger partial charge on any atom is -1.00 e. The average molecular weight is 503 g/mol. The maximum absolute atomic E-state index is 12.5. The van der Waals surface area contributed by atoms with E-state index in [0.717, 1.165) is 54.8 Å². The standard InChI is InChI=1S/C28H38N2O4.ClH/c1-25(2,32)19-14-26-9-10-28(19,33-4)24-27(26)11-12-30(3,15-16-5-6-16)20(26)13-17-7-8-18(23(29)31)22(34-24)21(17)27;/h7-8,16,19-20,24,32H,5-6,9-15H2,1-4H3,(H-,29,31);1H/t19-,20?,24-,26?,27?,28?,30+;/m1./s1. The number of hydrogen-bond acceptors (Lipinski definition) is 4. The molecule has 4 saturated carbocycles. The van der Waals surface area contributed by atoms with Gasteiger partial charge in [0.2, 0.25) is 0 Å². The Morgan fingerprint density at radius 2 is 2.03 bits per heavy atom. The van der Waals surface area contributed by atoms with Crippen LogP contribution in [0.2, 0.25) is 0 Å². The topological polar surface area (TPSA) is 81.8 Å². The number of ether oxygens (including phenoxy) is 2. The van der Waals surface area contributed by atoms with Gasteiger partial charge < -0.3 is 37.2 Å². The molecule has 2 spiro atoms. The third kappa shape index (κ3) is 2.60. The third-order valence-corrected chi connectivity index (χ3v) is 11.5. The van der Waals surface area contributed by atoms with Crippen molar-refractivity contribution >= 4 is 5.91 Å². The molecule has 7 heteroatoms. The number of halogens is 1. The van der Waals surface area contributed by atoms with Gasteiger partial charge in [-0.25, -0.2) is 0 Å². The van der Waals surface area contributed by atoms with Crippen molar-refractivity contribution in [2.45, 2.75) is 87.6 Å². The summed E-state index contributed by atoms with van der Waals surface area (Å²) in [6.07, 6.45) is 7.53. The molecule has 0 radical (unpaired) electrons. The van der Waals surface area contributed by atoms with E-state index in [1.54, 1.807) is 7.11 Å². The summed E-state index contributed by atoms with van der Waals surface area (Å²) in [4.78, 5) is 12.5. The minimum atomic E-state index is -0.885. The van der Waals surface area contributed by atoms with Crippen LogP contribution in [0.5, 0.6) is 5.75 Å². The molecule has 5 fully saturated rings. The van der Waals surface area contributed by atoms with E-state index in [4.69, 9.17) is 15.2 Å². The molecule has 7 atom stereocenters. The monoisotopic (exact) mass is 502 g/mol. The van der Waals surface area contributed by atoms with Crippen molar-refractivity contribution in [1.82, 2.24) is 0 Å². The highest BCUT2D eigenvalue weighted by molar-refractivity contribution is 5.97. The van der Waals surface area contributed by atoms with Crippen LogP contribution in [-0.4, -0.2) is 66.1 Å². The summed E-state index contributed by atoms with van der Waals surface area (Å²) in [5.74, 6) is 1.12. The number of likely N-dealkylation sites (N-methyl/N-ethyl adjacent to an activating group) is 1. The highest BCUT2D eigenvalue weighted by Crippen LogP contribution is 2.77. The van der Waals surface area contributed by atoms with Gasteiger partial charge >= 0.3 is 0 Å². The number of hydrogen-bond donors (Lipinski definition) is 2. The number of aliphatic hydroxyl groups is 1. The number of primary amides is 1. The van der Waals surface area contributed by atoms with Crippen LogP contribution < -0.4 is 22.9 Å². The van der Waals surface area contributed by atoms with E-state index in [9.17, 15) is 9.90 Å². The first-order valence-corrected chi connectivity index (χ1v) is 13.3. The van der Waals surface area contributed by atoms with Gasteiger partial charge in [-0.1, -0.05) is 6.07 Å². The number of nitrogens with two attached hydrogens (primary N) is 1. The lowest BCUT2D eigenvalue weighted by Gasteiger charge is -2.75. The van der Waals surface area contributed by atoms with Gasteiger partial charge in [-0.15, -0.1) is 0 Å². The molecule has 1 aromatic carbocycles. The van der Waals surface area contributed by atoms with Crippen LogP contribution in [0.15, 0.2) is 12.1 Å². The van der Waals surface area contributed by atoms with Gasteiger partial charge in [0.15, 0.2) is 0 Å². The molecule has 1 aromatic rings. The molecule has 6 nitrogen and oxygen atoms in total. The fourth-order valence-electron chi connectivity index (χ4n) is 10.1. The zero-order valence-electron chi connectivity index (χ0n) is 21.4. The second kappa shape index (κ2) is 6.94. The SMILES string of the molecule is COC12CCC3(C[C@@H]1C(C)(C)O)C1Cc4ccc(C(N)=O)c5c4C3(CC[N@@+]1(C)CC1CC1)[C@H]2O5.[Cl-]. The van der Waals surface area contributed by atoms with Gasteiger partial charge in [0, 0.05) is 42.8 Å². The number of quaternary nitrogens is 1. The number of fused-ring (bicyclic) bond motifs is 2. The molecule has 1 amide bonds. The number of carbonyl (C=O) groups is 1. The number of amides is 1. The summed E-state index contributed by atoms with van der Waals surface area (Å²) >= 11 is 0. The molecule has 3 N–H and O–H groups in total. The van der Waals surface area contributed by atoms with Gasteiger partial charge in [0.25, 0.3) is 5.91 Å². The lowest BCUT2D eigenvalue weighted by molar-refractivity contribution is -0.952. The Morgan fingerprint density at radius 1 is 1.29 bits per heavy atom. The largest absolute Gasteiger partial charge is 1.00 e. The van der Waals surface area contributed by atoms with E-state index in [-0.39, 0.29) is 35.3 Å². The Morgan fingerprint density at radius 3 is 2.66 bits per heavy atom. The van der Waals surface area contributed by atoms with E-state index in [0.29, 0.717) is 11.6 Å². The number of piperidine rings is 1. The van der Waals surface area contributed by atoms with Gasteiger partial charge in [-0.3, -0.25) is 4.79 Å². The second-order valence-electron chi connectivity index (χ2n) is 13.3. The van der Waals surface area contributed by atoms with E-state index in [2.05, 4.69) is 13.1 Å².